The van der Waals surface area contributed by atoms with Gasteiger partial charge in [-0.15, -0.1) is 0 Å². The van der Waals surface area contributed by atoms with Crippen molar-refractivity contribution in [2.75, 3.05) is 11.5 Å². The molecule has 4 N–H and O–H groups in total. The molecule has 9 nitrogen and oxygen atoms in total. The molecule has 2 rings (SSSR count). The third kappa shape index (κ3) is 3.98. The molecular weight excluding hydrogens is 310 g/mol. The highest BCUT2D eigenvalue weighted by Crippen LogP contribution is 2.23. The highest BCUT2D eigenvalue weighted by atomic mass is 16.5. The Morgan fingerprint density at radius 1 is 1.21 bits per heavy atom. The number of anilines is 2. The molecule has 2 aromatic rings. The van der Waals surface area contributed by atoms with Gasteiger partial charge in [-0.3, -0.25) is 4.68 Å². The number of ether oxygens (including phenoxy) is 1. The van der Waals surface area contributed by atoms with Gasteiger partial charge in [-0.2, -0.15) is 20.1 Å². The Kier molecular flexibility index (Phi) is 4.72. The molecule has 0 saturated carbocycles. The van der Waals surface area contributed by atoms with E-state index in [4.69, 9.17) is 16.2 Å². The topological polar surface area (TPSA) is 135 Å². The van der Waals surface area contributed by atoms with Crippen molar-refractivity contribution in [3.05, 3.63) is 23.3 Å². The Balaban J connectivity index is 2.18. The lowest BCUT2D eigenvalue weighted by atomic mass is 10.1. The molecule has 0 amide bonds. The van der Waals surface area contributed by atoms with Crippen LogP contribution in [0.25, 0.3) is 0 Å². The van der Waals surface area contributed by atoms with E-state index >= 15 is 0 Å². The predicted octanol–water partition coefficient (Wildman–Crippen LogP) is 1.47. The fourth-order valence-electron chi connectivity index (χ4n) is 2.17. The predicted molar refractivity (Wildman–Crippen MR) is 89.1 cm³/mol. The summed E-state index contributed by atoms with van der Waals surface area (Å²) < 4.78 is 7.05. The van der Waals surface area contributed by atoms with Gasteiger partial charge in [0.15, 0.2) is 18.1 Å². The van der Waals surface area contributed by atoms with Crippen LogP contribution in [0.1, 0.15) is 62.5 Å². The minimum Gasteiger partial charge on any atom is -0.453 e. The summed E-state index contributed by atoms with van der Waals surface area (Å²) >= 11 is 0. The van der Waals surface area contributed by atoms with Crippen LogP contribution in [0, 0.1) is 0 Å². The standard InChI is InChI=1S/C15H23N7O2/c1-8(2)10-6-9(21-22(10)15(3,4)5)12(23)24-7-11-18-13(16)20-14(17)19-11/h6,8H,7H2,1-5H3,(H4,16,17,18,19,20). The van der Waals surface area contributed by atoms with E-state index < -0.39 is 5.97 Å². The van der Waals surface area contributed by atoms with Crippen LogP contribution in [0.4, 0.5) is 11.9 Å². The summed E-state index contributed by atoms with van der Waals surface area (Å²) in [5.74, 6) is -0.188. The van der Waals surface area contributed by atoms with E-state index in [-0.39, 0.29) is 41.5 Å². The number of rotatable bonds is 4. The van der Waals surface area contributed by atoms with Gasteiger partial charge in [0.2, 0.25) is 11.9 Å². The van der Waals surface area contributed by atoms with E-state index in [0.29, 0.717) is 0 Å². The Morgan fingerprint density at radius 3 is 2.25 bits per heavy atom. The molecule has 2 heterocycles. The summed E-state index contributed by atoms with van der Waals surface area (Å²) in [4.78, 5) is 23.7. The average Bonchev–Trinajstić information content (AvgIpc) is 2.89. The molecule has 0 bridgehead atoms. The second-order valence-corrected chi connectivity index (χ2v) is 6.74. The molecule has 9 heteroatoms. The van der Waals surface area contributed by atoms with E-state index in [1.54, 1.807) is 6.07 Å². The van der Waals surface area contributed by atoms with Gasteiger partial charge in [0.1, 0.15) is 0 Å². The number of hydrogen-bond donors (Lipinski definition) is 2. The number of nitrogens with zero attached hydrogens (tertiary/aromatic N) is 5. The van der Waals surface area contributed by atoms with Crippen LogP contribution >= 0.6 is 0 Å². The number of aromatic nitrogens is 5. The fourth-order valence-corrected chi connectivity index (χ4v) is 2.17. The summed E-state index contributed by atoms with van der Waals surface area (Å²) in [6, 6.07) is 1.74. The monoisotopic (exact) mass is 333 g/mol. The first kappa shape index (κ1) is 17.6. The second-order valence-electron chi connectivity index (χ2n) is 6.74. The van der Waals surface area contributed by atoms with E-state index in [1.807, 2.05) is 39.3 Å². The van der Waals surface area contributed by atoms with Gasteiger partial charge in [0, 0.05) is 5.69 Å². The van der Waals surface area contributed by atoms with E-state index in [1.165, 1.54) is 0 Å². The molecule has 0 aromatic carbocycles. The largest absolute Gasteiger partial charge is 0.453 e. The molecule has 0 unspecified atom stereocenters. The smallest absolute Gasteiger partial charge is 0.359 e. The van der Waals surface area contributed by atoms with Gasteiger partial charge in [-0.1, -0.05) is 13.8 Å². The molecule has 2 aromatic heterocycles. The number of nitrogen functional groups attached to an aromatic ring is 2. The van der Waals surface area contributed by atoms with Gasteiger partial charge in [0.25, 0.3) is 0 Å². The lowest BCUT2D eigenvalue weighted by Crippen LogP contribution is -2.26. The van der Waals surface area contributed by atoms with Crippen molar-refractivity contribution < 1.29 is 9.53 Å². The lowest BCUT2D eigenvalue weighted by Gasteiger charge is -2.23. The van der Waals surface area contributed by atoms with E-state index in [0.717, 1.165) is 5.69 Å². The van der Waals surface area contributed by atoms with E-state index in [2.05, 4.69) is 20.1 Å². The maximum Gasteiger partial charge on any atom is 0.359 e. The van der Waals surface area contributed by atoms with Crippen molar-refractivity contribution in [2.24, 2.45) is 0 Å². The van der Waals surface area contributed by atoms with Gasteiger partial charge >= 0.3 is 5.97 Å². The van der Waals surface area contributed by atoms with Crippen molar-refractivity contribution in [3.63, 3.8) is 0 Å². The molecule has 0 aliphatic carbocycles. The van der Waals surface area contributed by atoms with Gasteiger partial charge in [-0.05, 0) is 32.8 Å². The number of carbonyl (C=O) groups is 1. The SMILES string of the molecule is CC(C)c1cc(C(=O)OCc2nc(N)nc(N)n2)nn1C(C)(C)C. The van der Waals surface area contributed by atoms with Gasteiger partial charge in [-0.25, -0.2) is 4.79 Å². The van der Waals surface area contributed by atoms with Crippen LogP contribution in [-0.4, -0.2) is 30.7 Å². The molecule has 0 fully saturated rings. The van der Waals surface area contributed by atoms with E-state index in [9.17, 15) is 4.79 Å². The zero-order valence-corrected chi connectivity index (χ0v) is 14.6. The normalized spacial score (nSPS) is 11.8. The van der Waals surface area contributed by atoms with Crippen molar-refractivity contribution in [1.29, 1.82) is 0 Å². The molecule has 0 saturated heterocycles. The molecule has 130 valence electrons. The summed E-state index contributed by atoms with van der Waals surface area (Å²) in [7, 11) is 0. The van der Waals surface area contributed by atoms with Gasteiger partial charge in [0.05, 0.1) is 5.54 Å². The summed E-state index contributed by atoms with van der Waals surface area (Å²) in [6.07, 6.45) is 0. The van der Waals surface area contributed by atoms with Gasteiger partial charge < -0.3 is 16.2 Å². The third-order valence-corrected chi connectivity index (χ3v) is 3.22. The van der Waals surface area contributed by atoms with Crippen molar-refractivity contribution in [3.8, 4) is 0 Å². The number of nitrogens with two attached hydrogens (primary N) is 2. The zero-order valence-electron chi connectivity index (χ0n) is 14.6. The van der Waals surface area contributed by atoms with Crippen molar-refractivity contribution in [2.45, 2.75) is 52.7 Å². The highest BCUT2D eigenvalue weighted by Gasteiger charge is 2.24. The molecule has 0 atom stereocenters. The number of esters is 1. The Bertz CT molecular complexity index is 727. The maximum atomic E-state index is 12.3. The van der Waals surface area contributed by atoms with Crippen molar-refractivity contribution in [1.82, 2.24) is 24.7 Å². The van der Waals surface area contributed by atoms with Crippen LogP contribution in [0.5, 0.6) is 0 Å². The first-order valence-corrected chi connectivity index (χ1v) is 7.61. The molecule has 0 aliphatic rings. The summed E-state index contributed by atoms with van der Waals surface area (Å²) in [5.41, 5.74) is 11.9. The molecule has 0 spiro atoms. The minimum atomic E-state index is -0.558. The Morgan fingerprint density at radius 2 is 1.79 bits per heavy atom. The Hall–Kier alpha value is -2.71. The first-order chi connectivity index (χ1) is 11.1. The quantitative estimate of drug-likeness (QED) is 0.803. The third-order valence-electron chi connectivity index (χ3n) is 3.22. The van der Waals surface area contributed by atoms with Crippen molar-refractivity contribution >= 4 is 17.9 Å². The first-order valence-electron chi connectivity index (χ1n) is 7.61. The van der Waals surface area contributed by atoms with Crippen LogP contribution in [0.2, 0.25) is 0 Å². The Labute approximate surface area is 140 Å². The lowest BCUT2D eigenvalue weighted by molar-refractivity contribution is 0.0453. The molecule has 24 heavy (non-hydrogen) atoms. The summed E-state index contributed by atoms with van der Waals surface area (Å²) in [5, 5.41) is 4.39. The molecule has 0 aliphatic heterocycles. The van der Waals surface area contributed by atoms with Crippen LogP contribution < -0.4 is 11.5 Å². The van der Waals surface area contributed by atoms with Crippen LogP contribution in [0.15, 0.2) is 6.07 Å². The molecular formula is C15H23N7O2. The molecule has 0 radical (unpaired) electrons. The second kappa shape index (κ2) is 6.42. The highest BCUT2D eigenvalue weighted by molar-refractivity contribution is 5.87. The van der Waals surface area contributed by atoms with Crippen LogP contribution in [-0.2, 0) is 16.9 Å². The summed E-state index contributed by atoms with van der Waals surface area (Å²) in [6.45, 7) is 10.0. The number of carbonyl (C=O) groups excluding carboxylic acids is 1. The average molecular weight is 333 g/mol. The fraction of sp³-hybridized carbons (Fsp3) is 0.533. The van der Waals surface area contributed by atoms with Crippen LogP contribution in [0.3, 0.4) is 0 Å². The number of hydrogen-bond acceptors (Lipinski definition) is 8. The minimum absolute atomic E-state index is 0.0207. The zero-order chi connectivity index (χ0) is 18.1. The maximum absolute atomic E-state index is 12.3.